The largest absolute Gasteiger partial charge is 0.325 e. The van der Waals surface area contributed by atoms with Crippen molar-refractivity contribution in [2.45, 2.75) is 25.4 Å². The molecule has 0 aromatic heterocycles. The standard InChI is InChI=1S/C23H24ClFN4OS/c1-15-3-5-16(6-4-15)21-22(28-23(27-21)9-11-29(2)12-10-23)31-14-20(30)26-17-7-8-19(25)18(24)13-17/h3-8,13H,9-12,14H2,1-2H3,(H,26,30). The fourth-order valence-electron chi connectivity index (χ4n) is 3.63. The van der Waals surface area contributed by atoms with Crippen LogP contribution in [0, 0.1) is 12.7 Å². The molecule has 0 aliphatic carbocycles. The monoisotopic (exact) mass is 458 g/mol. The fraction of sp³-hybridized carbons (Fsp3) is 0.348. The molecule has 2 heterocycles. The van der Waals surface area contributed by atoms with Crippen molar-refractivity contribution in [3.05, 3.63) is 64.4 Å². The van der Waals surface area contributed by atoms with Crippen LogP contribution in [0.15, 0.2) is 52.4 Å². The SMILES string of the molecule is Cc1ccc(C2=NC3(CCN(C)CC3)N=C2SCC(=O)Nc2ccc(F)c(Cl)c2)cc1. The summed E-state index contributed by atoms with van der Waals surface area (Å²) in [7, 11) is 2.11. The van der Waals surface area contributed by atoms with Gasteiger partial charge >= 0.3 is 0 Å². The number of nitrogens with one attached hydrogen (secondary N) is 1. The number of carbonyl (C=O) groups excluding carboxylic acids is 1. The van der Waals surface area contributed by atoms with Crippen molar-refractivity contribution < 1.29 is 9.18 Å². The Bertz CT molecular complexity index is 1050. The third kappa shape index (κ3) is 5.17. The number of anilines is 1. The van der Waals surface area contributed by atoms with E-state index in [1.165, 1.54) is 35.5 Å². The smallest absolute Gasteiger partial charge is 0.234 e. The molecule has 31 heavy (non-hydrogen) atoms. The van der Waals surface area contributed by atoms with Gasteiger partial charge in [-0.1, -0.05) is 53.2 Å². The molecule has 0 radical (unpaired) electrons. The van der Waals surface area contributed by atoms with E-state index in [-0.39, 0.29) is 16.7 Å². The van der Waals surface area contributed by atoms with Gasteiger partial charge in [-0.2, -0.15) is 0 Å². The van der Waals surface area contributed by atoms with E-state index in [0.29, 0.717) is 5.69 Å². The van der Waals surface area contributed by atoms with Crippen molar-refractivity contribution in [1.29, 1.82) is 0 Å². The minimum absolute atomic E-state index is 0.0244. The number of piperidine rings is 1. The molecule has 8 heteroatoms. The second-order valence-corrected chi connectivity index (χ2v) is 9.37. The quantitative estimate of drug-likeness (QED) is 0.717. The second-order valence-electron chi connectivity index (χ2n) is 7.99. The highest BCUT2D eigenvalue weighted by molar-refractivity contribution is 8.16. The van der Waals surface area contributed by atoms with E-state index in [2.05, 4.69) is 48.5 Å². The first kappa shape index (κ1) is 22.0. The number of carbonyl (C=O) groups is 1. The van der Waals surface area contributed by atoms with E-state index in [0.717, 1.165) is 42.3 Å². The molecule has 162 valence electrons. The Morgan fingerprint density at radius 3 is 2.58 bits per heavy atom. The molecule has 1 amide bonds. The van der Waals surface area contributed by atoms with Crippen molar-refractivity contribution in [2.75, 3.05) is 31.2 Å². The summed E-state index contributed by atoms with van der Waals surface area (Å²) in [6.45, 7) is 3.93. The number of nitrogens with zero attached hydrogens (tertiary/aromatic N) is 3. The van der Waals surface area contributed by atoms with Crippen LogP contribution in [0.5, 0.6) is 0 Å². The first-order chi connectivity index (χ1) is 14.8. The topological polar surface area (TPSA) is 57.1 Å². The van der Waals surface area contributed by atoms with E-state index in [4.69, 9.17) is 21.6 Å². The summed E-state index contributed by atoms with van der Waals surface area (Å²) in [4.78, 5) is 24.8. The third-order valence-electron chi connectivity index (χ3n) is 5.49. The van der Waals surface area contributed by atoms with E-state index in [9.17, 15) is 9.18 Å². The van der Waals surface area contributed by atoms with Crippen LogP contribution in [0.25, 0.3) is 0 Å². The summed E-state index contributed by atoms with van der Waals surface area (Å²) in [5, 5.41) is 3.53. The Morgan fingerprint density at radius 1 is 1.19 bits per heavy atom. The summed E-state index contributed by atoms with van der Waals surface area (Å²) in [5.74, 6) is -0.547. The maximum Gasteiger partial charge on any atom is 0.234 e. The van der Waals surface area contributed by atoms with Crippen LogP contribution in [-0.4, -0.2) is 53.1 Å². The molecule has 1 N–H and O–H groups in total. The van der Waals surface area contributed by atoms with Gasteiger partial charge in [0.2, 0.25) is 5.91 Å². The highest BCUT2D eigenvalue weighted by atomic mass is 35.5. The highest BCUT2D eigenvalue weighted by Crippen LogP contribution is 2.35. The number of likely N-dealkylation sites (tertiary alicyclic amines) is 1. The van der Waals surface area contributed by atoms with Crippen molar-refractivity contribution in [1.82, 2.24) is 4.90 Å². The molecule has 2 aliphatic heterocycles. The molecule has 1 fully saturated rings. The summed E-state index contributed by atoms with van der Waals surface area (Å²) in [5.41, 5.74) is 3.07. The number of hydrogen-bond acceptors (Lipinski definition) is 5. The third-order valence-corrected chi connectivity index (χ3v) is 6.74. The lowest BCUT2D eigenvalue weighted by atomic mass is 9.99. The van der Waals surface area contributed by atoms with Crippen LogP contribution in [0.4, 0.5) is 10.1 Å². The Hall–Kier alpha value is -2.22. The molecule has 5 nitrogen and oxygen atoms in total. The van der Waals surface area contributed by atoms with E-state index in [1.807, 2.05) is 0 Å². The minimum Gasteiger partial charge on any atom is -0.325 e. The van der Waals surface area contributed by atoms with Crippen LogP contribution in [0.3, 0.4) is 0 Å². The molecule has 0 bridgehead atoms. The molecule has 2 aromatic rings. The number of halogens is 2. The summed E-state index contributed by atoms with van der Waals surface area (Å²) < 4.78 is 13.3. The number of aryl methyl sites for hydroxylation is 1. The molecule has 0 atom stereocenters. The summed E-state index contributed by atoms with van der Waals surface area (Å²) in [6, 6.07) is 12.4. The minimum atomic E-state index is -0.517. The highest BCUT2D eigenvalue weighted by Gasteiger charge is 2.39. The van der Waals surface area contributed by atoms with Gasteiger partial charge in [0.05, 0.1) is 16.5 Å². The molecule has 0 saturated carbocycles. The Morgan fingerprint density at radius 2 is 1.90 bits per heavy atom. The van der Waals surface area contributed by atoms with E-state index >= 15 is 0 Å². The Balaban J connectivity index is 1.50. The molecule has 1 saturated heterocycles. The average molecular weight is 459 g/mol. The zero-order chi connectivity index (χ0) is 22.0. The number of hydrogen-bond donors (Lipinski definition) is 1. The predicted octanol–water partition coefficient (Wildman–Crippen LogP) is 4.78. The molecular formula is C23H24ClFN4OS. The number of benzene rings is 2. The van der Waals surface area contributed by atoms with Crippen LogP contribution >= 0.6 is 23.4 Å². The van der Waals surface area contributed by atoms with Gasteiger partial charge in [0, 0.05) is 37.2 Å². The van der Waals surface area contributed by atoms with Gasteiger partial charge in [0.25, 0.3) is 0 Å². The van der Waals surface area contributed by atoms with Gasteiger partial charge in [-0.05, 0) is 32.2 Å². The number of rotatable bonds is 4. The van der Waals surface area contributed by atoms with Crippen molar-refractivity contribution >= 4 is 45.7 Å². The number of aliphatic imine (C=N–C) groups is 2. The second kappa shape index (κ2) is 9.10. The molecule has 4 rings (SSSR count). The predicted molar refractivity (Wildman–Crippen MR) is 127 cm³/mol. The Labute approximate surface area is 190 Å². The van der Waals surface area contributed by atoms with Crippen LogP contribution in [-0.2, 0) is 4.79 Å². The maximum atomic E-state index is 13.3. The first-order valence-electron chi connectivity index (χ1n) is 10.2. The summed E-state index contributed by atoms with van der Waals surface area (Å²) >= 11 is 7.18. The zero-order valence-electron chi connectivity index (χ0n) is 17.5. The molecule has 0 unspecified atom stereocenters. The van der Waals surface area contributed by atoms with Gasteiger partial charge in [0.1, 0.15) is 10.9 Å². The first-order valence-corrected chi connectivity index (χ1v) is 11.5. The van der Waals surface area contributed by atoms with E-state index in [1.54, 1.807) is 0 Å². The fourth-order valence-corrected chi connectivity index (χ4v) is 4.68. The summed E-state index contributed by atoms with van der Waals surface area (Å²) in [6.07, 6.45) is 1.73. The van der Waals surface area contributed by atoms with Crippen molar-refractivity contribution in [3.63, 3.8) is 0 Å². The maximum absolute atomic E-state index is 13.3. The normalized spacial score (nSPS) is 18.1. The molecule has 2 aromatic carbocycles. The van der Waals surface area contributed by atoms with Crippen molar-refractivity contribution in [2.24, 2.45) is 9.98 Å². The number of amides is 1. The van der Waals surface area contributed by atoms with Crippen LogP contribution < -0.4 is 5.32 Å². The number of thioether (sulfide) groups is 1. The van der Waals surface area contributed by atoms with Gasteiger partial charge in [-0.15, -0.1) is 0 Å². The van der Waals surface area contributed by atoms with Crippen LogP contribution in [0.1, 0.15) is 24.0 Å². The van der Waals surface area contributed by atoms with E-state index < -0.39 is 11.5 Å². The van der Waals surface area contributed by atoms with Crippen LogP contribution in [0.2, 0.25) is 5.02 Å². The Kier molecular flexibility index (Phi) is 6.46. The van der Waals surface area contributed by atoms with Crippen molar-refractivity contribution in [3.8, 4) is 0 Å². The van der Waals surface area contributed by atoms with Gasteiger partial charge in [-0.3, -0.25) is 9.79 Å². The molecule has 1 spiro atoms. The average Bonchev–Trinajstić information content (AvgIpc) is 3.10. The van der Waals surface area contributed by atoms with Gasteiger partial charge in [0.15, 0.2) is 5.66 Å². The lowest BCUT2D eigenvalue weighted by molar-refractivity contribution is -0.113. The zero-order valence-corrected chi connectivity index (χ0v) is 19.1. The lowest BCUT2D eigenvalue weighted by Crippen LogP contribution is -2.39. The molecule has 2 aliphatic rings. The van der Waals surface area contributed by atoms with Gasteiger partial charge < -0.3 is 10.2 Å². The van der Waals surface area contributed by atoms with Gasteiger partial charge in [-0.25, -0.2) is 9.38 Å². The lowest BCUT2D eigenvalue weighted by Gasteiger charge is -2.33. The molecular weight excluding hydrogens is 435 g/mol.